The van der Waals surface area contributed by atoms with Gasteiger partial charge in [-0.1, -0.05) is 12.1 Å². The van der Waals surface area contributed by atoms with Crippen LogP contribution in [0.3, 0.4) is 0 Å². The predicted molar refractivity (Wildman–Crippen MR) is 76.9 cm³/mol. The summed E-state index contributed by atoms with van der Waals surface area (Å²) in [5.41, 5.74) is 1.45. The van der Waals surface area contributed by atoms with Gasteiger partial charge in [-0.2, -0.15) is 0 Å². The van der Waals surface area contributed by atoms with Crippen LogP contribution in [0.1, 0.15) is 26.2 Å². The van der Waals surface area contributed by atoms with Crippen LogP contribution in [0.25, 0.3) is 17.2 Å². The van der Waals surface area contributed by atoms with Crippen LogP contribution in [-0.2, 0) is 4.79 Å². The molecule has 0 radical (unpaired) electrons. The van der Waals surface area contributed by atoms with Crippen molar-refractivity contribution in [1.29, 1.82) is 0 Å². The Bertz CT molecular complexity index is 583. The molecule has 0 fully saturated rings. The second kappa shape index (κ2) is 6.34. The molecule has 2 aromatic rings. The topological polar surface area (TPSA) is 75.4 Å². The number of carbonyl (C=O) groups excluding carboxylic acids is 1. The van der Waals surface area contributed by atoms with E-state index in [-0.39, 0.29) is 11.9 Å². The van der Waals surface area contributed by atoms with Crippen LogP contribution in [0.5, 0.6) is 0 Å². The zero-order valence-electron chi connectivity index (χ0n) is 11.5. The molecular formula is C15H18N2O3. The van der Waals surface area contributed by atoms with Gasteiger partial charge in [0.2, 0.25) is 11.8 Å². The molecule has 0 aliphatic rings. The Morgan fingerprint density at radius 3 is 2.90 bits per heavy atom. The van der Waals surface area contributed by atoms with Crippen molar-refractivity contribution in [3.05, 3.63) is 36.2 Å². The average Bonchev–Trinajstić information content (AvgIpc) is 2.77. The fraction of sp³-hybridized carbons (Fsp3) is 0.333. The quantitative estimate of drug-likeness (QED) is 0.819. The van der Waals surface area contributed by atoms with E-state index in [0.29, 0.717) is 17.9 Å². The van der Waals surface area contributed by atoms with Gasteiger partial charge < -0.3 is 14.8 Å². The summed E-state index contributed by atoms with van der Waals surface area (Å²) in [5.74, 6) is 0.157. The Morgan fingerprint density at radius 2 is 2.20 bits per heavy atom. The zero-order chi connectivity index (χ0) is 14.5. The number of fused-ring (bicyclic) bond motifs is 1. The number of carbonyl (C=O) groups is 1. The highest BCUT2D eigenvalue weighted by Gasteiger charge is 2.08. The summed E-state index contributed by atoms with van der Waals surface area (Å²) in [6, 6.07) is 7.33. The van der Waals surface area contributed by atoms with Crippen LogP contribution < -0.4 is 5.32 Å². The van der Waals surface area contributed by atoms with E-state index in [1.165, 1.54) is 12.2 Å². The number of hydrogen-bond acceptors (Lipinski definition) is 4. The van der Waals surface area contributed by atoms with Crippen molar-refractivity contribution >= 4 is 23.1 Å². The molecule has 0 saturated carbocycles. The Morgan fingerprint density at radius 1 is 1.45 bits per heavy atom. The van der Waals surface area contributed by atoms with E-state index in [4.69, 9.17) is 4.42 Å². The van der Waals surface area contributed by atoms with Gasteiger partial charge >= 0.3 is 0 Å². The van der Waals surface area contributed by atoms with Crippen LogP contribution in [0.4, 0.5) is 0 Å². The van der Waals surface area contributed by atoms with Crippen LogP contribution >= 0.6 is 0 Å². The van der Waals surface area contributed by atoms with Gasteiger partial charge in [0.05, 0.1) is 6.10 Å². The van der Waals surface area contributed by atoms with E-state index < -0.39 is 6.10 Å². The second-order valence-corrected chi connectivity index (χ2v) is 4.85. The molecule has 1 heterocycles. The molecule has 2 unspecified atom stereocenters. The normalized spacial score (nSPS) is 14.6. The molecule has 2 N–H and O–H groups in total. The van der Waals surface area contributed by atoms with Crippen molar-refractivity contribution in [3.63, 3.8) is 0 Å². The van der Waals surface area contributed by atoms with E-state index in [2.05, 4.69) is 10.3 Å². The average molecular weight is 274 g/mol. The molecule has 0 aliphatic heterocycles. The molecular weight excluding hydrogens is 256 g/mol. The van der Waals surface area contributed by atoms with Crippen molar-refractivity contribution in [2.24, 2.45) is 0 Å². The van der Waals surface area contributed by atoms with Gasteiger partial charge in [0.25, 0.3) is 0 Å². The number of amides is 1. The summed E-state index contributed by atoms with van der Waals surface area (Å²) in [7, 11) is 0. The molecule has 0 aliphatic carbocycles. The van der Waals surface area contributed by atoms with Gasteiger partial charge in [0.15, 0.2) is 5.58 Å². The first kappa shape index (κ1) is 14.3. The monoisotopic (exact) mass is 274 g/mol. The molecule has 20 heavy (non-hydrogen) atoms. The lowest BCUT2D eigenvalue weighted by Crippen LogP contribution is -2.33. The Kier molecular flexibility index (Phi) is 4.53. The lowest BCUT2D eigenvalue weighted by atomic mass is 10.1. The summed E-state index contributed by atoms with van der Waals surface area (Å²) >= 11 is 0. The predicted octanol–water partition coefficient (Wildman–Crippen LogP) is 2.12. The Balaban J connectivity index is 1.96. The largest absolute Gasteiger partial charge is 0.437 e. The number of hydrogen-bond donors (Lipinski definition) is 2. The summed E-state index contributed by atoms with van der Waals surface area (Å²) in [4.78, 5) is 15.9. The lowest BCUT2D eigenvalue weighted by molar-refractivity contribution is -0.117. The minimum Gasteiger partial charge on any atom is -0.437 e. The van der Waals surface area contributed by atoms with Gasteiger partial charge in [0.1, 0.15) is 5.52 Å². The van der Waals surface area contributed by atoms with E-state index in [0.717, 1.165) is 5.52 Å². The van der Waals surface area contributed by atoms with Crippen molar-refractivity contribution in [1.82, 2.24) is 10.3 Å². The Labute approximate surface area is 117 Å². The minimum absolute atomic E-state index is 0.0872. The highest BCUT2D eigenvalue weighted by molar-refractivity contribution is 5.91. The van der Waals surface area contributed by atoms with Crippen LogP contribution in [-0.4, -0.2) is 28.1 Å². The fourth-order valence-corrected chi connectivity index (χ4v) is 1.97. The van der Waals surface area contributed by atoms with Gasteiger partial charge in [-0.3, -0.25) is 4.79 Å². The number of oxazole rings is 1. The maximum Gasteiger partial charge on any atom is 0.244 e. The fourth-order valence-electron chi connectivity index (χ4n) is 1.97. The molecule has 1 amide bonds. The first-order valence-corrected chi connectivity index (χ1v) is 6.57. The number of aliphatic hydroxyl groups is 1. The van der Waals surface area contributed by atoms with E-state index in [9.17, 15) is 9.90 Å². The maximum absolute atomic E-state index is 11.7. The van der Waals surface area contributed by atoms with Gasteiger partial charge in [0, 0.05) is 18.2 Å². The third-order valence-electron chi connectivity index (χ3n) is 2.77. The highest BCUT2D eigenvalue weighted by atomic mass is 16.3. The highest BCUT2D eigenvalue weighted by Crippen LogP contribution is 2.15. The molecule has 0 spiro atoms. The smallest absolute Gasteiger partial charge is 0.244 e. The van der Waals surface area contributed by atoms with Gasteiger partial charge in [-0.05, 0) is 32.4 Å². The van der Waals surface area contributed by atoms with Crippen molar-refractivity contribution in [3.8, 4) is 0 Å². The SMILES string of the molecule is CC(O)CC(C)NC(=O)/C=C/c1nc2ccccc2o1. The van der Waals surface area contributed by atoms with Crippen LogP contribution in [0.2, 0.25) is 0 Å². The summed E-state index contributed by atoms with van der Waals surface area (Å²) in [6.45, 7) is 3.54. The van der Waals surface area contributed by atoms with E-state index in [1.54, 1.807) is 6.92 Å². The Hall–Kier alpha value is -2.14. The molecule has 0 saturated heterocycles. The van der Waals surface area contributed by atoms with Crippen molar-refractivity contribution in [2.45, 2.75) is 32.4 Å². The van der Waals surface area contributed by atoms with Crippen LogP contribution in [0, 0.1) is 0 Å². The third kappa shape index (κ3) is 3.93. The van der Waals surface area contributed by atoms with E-state index >= 15 is 0 Å². The standard InChI is InChI=1S/C15H18N2O3/c1-10(9-11(2)18)16-14(19)7-8-15-17-12-5-3-4-6-13(12)20-15/h3-8,10-11,18H,9H2,1-2H3,(H,16,19)/b8-7+. The molecule has 1 aromatic carbocycles. The second-order valence-electron chi connectivity index (χ2n) is 4.85. The van der Waals surface area contributed by atoms with E-state index in [1.807, 2.05) is 31.2 Å². The number of aromatic nitrogens is 1. The van der Waals surface area contributed by atoms with Gasteiger partial charge in [-0.25, -0.2) is 4.98 Å². The first-order valence-electron chi connectivity index (χ1n) is 6.57. The zero-order valence-corrected chi connectivity index (χ0v) is 11.5. The number of nitrogens with zero attached hydrogens (tertiary/aromatic N) is 1. The maximum atomic E-state index is 11.7. The summed E-state index contributed by atoms with van der Waals surface area (Å²) in [6.07, 6.45) is 2.99. The number of para-hydroxylation sites is 2. The van der Waals surface area contributed by atoms with Crippen LogP contribution in [0.15, 0.2) is 34.8 Å². The lowest BCUT2D eigenvalue weighted by Gasteiger charge is -2.13. The molecule has 106 valence electrons. The third-order valence-corrected chi connectivity index (χ3v) is 2.77. The number of aliphatic hydroxyl groups excluding tert-OH is 1. The number of rotatable bonds is 5. The molecule has 1 aromatic heterocycles. The molecule has 2 atom stereocenters. The molecule has 0 bridgehead atoms. The summed E-state index contributed by atoms with van der Waals surface area (Å²) in [5, 5.41) is 12.0. The molecule has 5 heteroatoms. The number of nitrogens with one attached hydrogen (secondary N) is 1. The minimum atomic E-state index is -0.439. The van der Waals surface area contributed by atoms with Crippen molar-refractivity contribution in [2.75, 3.05) is 0 Å². The first-order chi connectivity index (χ1) is 9.54. The molecule has 5 nitrogen and oxygen atoms in total. The number of benzene rings is 1. The van der Waals surface area contributed by atoms with Gasteiger partial charge in [-0.15, -0.1) is 0 Å². The summed E-state index contributed by atoms with van der Waals surface area (Å²) < 4.78 is 5.47. The van der Waals surface area contributed by atoms with Crippen molar-refractivity contribution < 1.29 is 14.3 Å². The molecule has 2 rings (SSSR count).